The van der Waals surface area contributed by atoms with Gasteiger partial charge in [-0.25, -0.2) is 12.7 Å². The van der Waals surface area contributed by atoms with Crippen molar-refractivity contribution in [3.63, 3.8) is 0 Å². The van der Waals surface area contributed by atoms with Crippen LogP contribution in [0.4, 0.5) is 0 Å². The Balaban J connectivity index is 1.80. The van der Waals surface area contributed by atoms with E-state index in [1.165, 1.54) is 10.6 Å². The Bertz CT molecular complexity index is 772. The summed E-state index contributed by atoms with van der Waals surface area (Å²) in [5.41, 5.74) is 0.316. The van der Waals surface area contributed by atoms with Crippen molar-refractivity contribution in [2.75, 3.05) is 46.2 Å². The van der Waals surface area contributed by atoms with Crippen LogP contribution in [0.15, 0.2) is 22.9 Å². The zero-order valence-corrected chi connectivity index (χ0v) is 16.7. The normalized spacial score (nSPS) is 27.3. The topological polar surface area (TPSA) is 79.8 Å². The van der Waals surface area contributed by atoms with E-state index in [4.69, 9.17) is 4.74 Å². The number of methoxy groups -OCH3 is 1. The van der Waals surface area contributed by atoms with E-state index in [0.29, 0.717) is 38.3 Å². The number of pyridine rings is 1. The minimum absolute atomic E-state index is 0.0694. The largest absolute Gasteiger partial charge is 0.384 e. The Morgan fingerprint density at radius 2 is 2.20 bits per heavy atom. The van der Waals surface area contributed by atoms with Crippen LogP contribution in [0.25, 0.3) is 0 Å². The van der Waals surface area contributed by atoms with E-state index in [-0.39, 0.29) is 17.2 Å². The van der Waals surface area contributed by atoms with Crippen LogP contribution in [-0.4, -0.2) is 74.7 Å². The van der Waals surface area contributed by atoms with Gasteiger partial charge in [0.25, 0.3) is 5.91 Å². The van der Waals surface area contributed by atoms with Crippen LogP contribution >= 0.6 is 15.9 Å². The van der Waals surface area contributed by atoms with Crippen molar-refractivity contribution < 1.29 is 17.9 Å². The number of amides is 1. The molecule has 2 fully saturated rings. The fourth-order valence-electron chi connectivity index (χ4n) is 3.91. The zero-order valence-electron chi connectivity index (χ0n) is 14.3. The van der Waals surface area contributed by atoms with Gasteiger partial charge in [0, 0.05) is 55.6 Å². The highest BCUT2D eigenvalue weighted by Crippen LogP contribution is 2.44. The third kappa shape index (κ3) is 3.74. The van der Waals surface area contributed by atoms with Gasteiger partial charge in [0.1, 0.15) is 0 Å². The molecule has 1 aromatic heterocycles. The van der Waals surface area contributed by atoms with E-state index in [2.05, 4.69) is 20.9 Å². The van der Waals surface area contributed by atoms with Crippen LogP contribution in [0.3, 0.4) is 0 Å². The predicted molar refractivity (Wildman–Crippen MR) is 96.7 cm³/mol. The first-order valence-corrected chi connectivity index (χ1v) is 10.7. The molecule has 0 saturated carbocycles. The summed E-state index contributed by atoms with van der Waals surface area (Å²) in [6, 6.07) is 1.75. The van der Waals surface area contributed by atoms with Gasteiger partial charge < -0.3 is 9.64 Å². The molecule has 0 N–H and O–H groups in total. The van der Waals surface area contributed by atoms with Crippen LogP contribution < -0.4 is 0 Å². The van der Waals surface area contributed by atoms with Gasteiger partial charge in [-0.15, -0.1) is 0 Å². The number of piperidine rings is 1. The molecule has 9 heteroatoms. The Kier molecular flexibility index (Phi) is 5.21. The van der Waals surface area contributed by atoms with Crippen molar-refractivity contribution in [3.8, 4) is 0 Å². The molecule has 0 unspecified atom stereocenters. The van der Waals surface area contributed by atoms with E-state index < -0.39 is 10.0 Å². The molecule has 0 aliphatic carbocycles. The summed E-state index contributed by atoms with van der Waals surface area (Å²) in [6.07, 6.45) is 5.16. The number of nitrogens with zero attached hydrogens (tertiary/aromatic N) is 3. The highest BCUT2D eigenvalue weighted by Gasteiger charge is 2.52. The van der Waals surface area contributed by atoms with Crippen LogP contribution in [0, 0.1) is 11.3 Å². The zero-order chi connectivity index (χ0) is 18.2. The van der Waals surface area contributed by atoms with Crippen molar-refractivity contribution in [3.05, 3.63) is 28.5 Å². The molecular weight excluding hydrogens is 410 g/mol. The first-order chi connectivity index (χ1) is 11.7. The number of hydrogen-bond donors (Lipinski definition) is 0. The lowest BCUT2D eigenvalue weighted by Gasteiger charge is -2.43. The monoisotopic (exact) mass is 431 g/mol. The van der Waals surface area contributed by atoms with Crippen molar-refractivity contribution in [1.82, 2.24) is 14.2 Å². The number of hydrogen-bond acceptors (Lipinski definition) is 5. The van der Waals surface area contributed by atoms with Crippen LogP contribution in [0.1, 0.15) is 16.8 Å². The predicted octanol–water partition coefficient (Wildman–Crippen LogP) is 1.21. The Hall–Kier alpha value is -1.03. The van der Waals surface area contributed by atoms with Crippen LogP contribution in [0.2, 0.25) is 0 Å². The van der Waals surface area contributed by atoms with Crippen molar-refractivity contribution in [2.45, 2.75) is 6.42 Å². The molecule has 1 aromatic rings. The van der Waals surface area contributed by atoms with Crippen molar-refractivity contribution in [2.24, 2.45) is 11.3 Å². The average molecular weight is 432 g/mol. The molecule has 2 atom stereocenters. The molecule has 2 aliphatic rings. The maximum Gasteiger partial charge on any atom is 0.255 e. The fourth-order valence-corrected chi connectivity index (χ4v) is 5.21. The number of fused-ring (bicyclic) bond motifs is 1. The maximum atomic E-state index is 12.8. The van der Waals surface area contributed by atoms with E-state index in [9.17, 15) is 13.2 Å². The molecule has 7 nitrogen and oxygen atoms in total. The lowest BCUT2D eigenvalue weighted by molar-refractivity contribution is 0.00340. The molecule has 3 rings (SSSR count). The van der Waals surface area contributed by atoms with Crippen molar-refractivity contribution in [1.29, 1.82) is 0 Å². The summed E-state index contributed by atoms with van der Waals surface area (Å²) in [6.45, 7) is 2.52. The summed E-state index contributed by atoms with van der Waals surface area (Å²) in [5, 5.41) is 0. The molecule has 3 heterocycles. The summed E-state index contributed by atoms with van der Waals surface area (Å²) in [4.78, 5) is 18.6. The molecule has 2 aliphatic heterocycles. The van der Waals surface area contributed by atoms with Gasteiger partial charge in [0.15, 0.2) is 0 Å². The first kappa shape index (κ1) is 18.8. The summed E-state index contributed by atoms with van der Waals surface area (Å²) < 4.78 is 31.7. The van der Waals surface area contributed by atoms with Crippen LogP contribution in [-0.2, 0) is 14.8 Å². The van der Waals surface area contributed by atoms with E-state index in [0.717, 1.165) is 10.9 Å². The van der Waals surface area contributed by atoms with Gasteiger partial charge in [0.2, 0.25) is 10.0 Å². The standard InChI is InChI=1S/C16H22BrN3O4S/c1-24-11-16-3-4-19(15(21)12-5-14(17)7-18-6-12)8-13(16)9-20(10-16)25(2,22)23/h5-7,13H,3-4,8-11H2,1-2H3/t13-,16+/m1/s1. The first-order valence-electron chi connectivity index (χ1n) is 8.09. The number of carbonyl (C=O) groups is 1. The van der Waals surface area contributed by atoms with E-state index in [1.54, 1.807) is 30.5 Å². The number of aromatic nitrogens is 1. The second-order valence-corrected chi connectivity index (χ2v) is 9.84. The van der Waals surface area contributed by atoms with Gasteiger partial charge in [-0.3, -0.25) is 9.78 Å². The summed E-state index contributed by atoms with van der Waals surface area (Å²) in [7, 11) is -1.62. The average Bonchev–Trinajstić information content (AvgIpc) is 2.93. The Morgan fingerprint density at radius 1 is 1.44 bits per heavy atom. The molecule has 25 heavy (non-hydrogen) atoms. The number of likely N-dealkylation sites (tertiary alicyclic amines) is 1. The number of rotatable bonds is 4. The molecule has 0 bridgehead atoms. The third-order valence-electron chi connectivity index (χ3n) is 5.24. The molecule has 0 spiro atoms. The highest BCUT2D eigenvalue weighted by atomic mass is 79.9. The molecule has 1 amide bonds. The van der Waals surface area contributed by atoms with E-state index >= 15 is 0 Å². The SMILES string of the molecule is COC[C@@]12CCN(C(=O)c3cncc(Br)c3)C[C@@H]1CN(S(C)(=O)=O)C2. The van der Waals surface area contributed by atoms with Gasteiger partial charge in [-0.2, -0.15) is 0 Å². The van der Waals surface area contributed by atoms with E-state index in [1.807, 2.05) is 0 Å². The fraction of sp³-hybridized carbons (Fsp3) is 0.625. The summed E-state index contributed by atoms with van der Waals surface area (Å²) in [5.74, 6) is -0.00221. The molecule has 138 valence electrons. The minimum atomic E-state index is -3.25. The quantitative estimate of drug-likeness (QED) is 0.715. The highest BCUT2D eigenvalue weighted by molar-refractivity contribution is 9.10. The number of ether oxygens (including phenoxy) is 1. The third-order valence-corrected chi connectivity index (χ3v) is 6.89. The lowest BCUT2D eigenvalue weighted by Crippen LogP contribution is -2.50. The van der Waals surface area contributed by atoms with Gasteiger partial charge in [-0.05, 0) is 34.3 Å². The number of halogens is 1. The molecule has 2 saturated heterocycles. The minimum Gasteiger partial charge on any atom is -0.384 e. The van der Waals surface area contributed by atoms with Gasteiger partial charge in [-0.1, -0.05) is 0 Å². The maximum absolute atomic E-state index is 12.8. The summed E-state index contributed by atoms with van der Waals surface area (Å²) >= 11 is 3.34. The van der Waals surface area contributed by atoms with Crippen LogP contribution in [0.5, 0.6) is 0 Å². The lowest BCUT2D eigenvalue weighted by atomic mass is 9.73. The number of sulfonamides is 1. The van der Waals surface area contributed by atoms with Gasteiger partial charge >= 0.3 is 0 Å². The van der Waals surface area contributed by atoms with Crippen molar-refractivity contribution >= 4 is 31.9 Å². The molecular formula is C16H22BrN3O4S. The second kappa shape index (κ2) is 6.94. The Morgan fingerprint density at radius 3 is 2.84 bits per heavy atom. The molecule has 0 aromatic carbocycles. The molecule has 0 radical (unpaired) electrons. The van der Waals surface area contributed by atoms with Gasteiger partial charge in [0.05, 0.1) is 18.4 Å². The second-order valence-electron chi connectivity index (χ2n) is 6.94. The smallest absolute Gasteiger partial charge is 0.255 e. The Labute approximate surface area is 156 Å². The number of carbonyl (C=O) groups excluding carboxylic acids is 1.